The smallest absolute Gasteiger partial charge is 0.253 e. The number of amides is 2. The van der Waals surface area contributed by atoms with Gasteiger partial charge in [-0.3, -0.25) is 9.59 Å². The molecular formula is C14H17FN2O2. The van der Waals surface area contributed by atoms with Crippen LogP contribution < -0.4 is 5.32 Å². The van der Waals surface area contributed by atoms with Crippen LogP contribution in [0.25, 0.3) is 0 Å². The third-order valence-electron chi connectivity index (χ3n) is 3.63. The summed E-state index contributed by atoms with van der Waals surface area (Å²) in [5.74, 6) is -0.581. The molecule has 0 radical (unpaired) electrons. The van der Waals surface area contributed by atoms with E-state index in [4.69, 9.17) is 0 Å². The standard InChI is InChI=1S/C14H17FN2O2/c1-14(13(19)16-2)7-8-17(9-14)12(18)10-3-5-11(15)6-4-10/h3-6H,7-9H2,1-2H3,(H,16,19). The highest BCUT2D eigenvalue weighted by Gasteiger charge is 2.41. The summed E-state index contributed by atoms with van der Waals surface area (Å²) in [6.07, 6.45) is 0.639. The summed E-state index contributed by atoms with van der Waals surface area (Å²) in [7, 11) is 1.60. The predicted octanol–water partition coefficient (Wildman–Crippen LogP) is 1.42. The second kappa shape index (κ2) is 4.99. The van der Waals surface area contributed by atoms with E-state index in [1.54, 1.807) is 11.9 Å². The first kappa shape index (κ1) is 13.5. The van der Waals surface area contributed by atoms with E-state index in [1.807, 2.05) is 6.92 Å². The number of hydrogen-bond acceptors (Lipinski definition) is 2. The normalized spacial score (nSPS) is 22.4. The van der Waals surface area contributed by atoms with Gasteiger partial charge in [-0.2, -0.15) is 0 Å². The maximum absolute atomic E-state index is 12.8. The lowest BCUT2D eigenvalue weighted by Crippen LogP contribution is -2.40. The molecule has 19 heavy (non-hydrogen) atoms. The summed E-state index contributed by atoms with van der Waals surface area (Å²) in [6, 6.07) is 5.46. The molecule has 0 aliphatic carbocycles. The SMILES string of the molecule is CNC(=O)C1(C)CCN(C(=O)c2ccc(F)cc2)C1. The summed E-state index contributed by atoms with van der Waals surface area (Å²) >= 11 is 0. The second-order valence-corrected chi connectivity index (χ2v) is 5.12. The van der Waals surface area contributed by atoms with Gasteiger partial charge >= 0.3 is 0 Å². The van der Waals surface area contributed by atoms with Gasteiger partial charge in [-0.05, 0) is 37.6 Å². The fraction of sp³-hybridized carbons (Fsp3) is 0.429. The summed E-state index contributed by atoms with van der Waals surface area (Å²) in [6.45, 7) is 2.78. The lowest BCUT2D eigenvalue weighted by atomic mass is 9.89. The number of carbonyl (C=O) groups excluding carboxylic acids is 2. The van der Waals surface area contributed by atoms with Crippen LogP contribution >= 0.6 is 0 Å². The summed E-state index contributed by atoms with van der Waals surface area (Å²) in [5.41, 5.74) is -0.0904. The molecule has 1 aliphatic rings. The van der Waals surface area contributed by atoms with E-state index < -0.39 is 5.41 Å². The Morgan fingerprint density at radius 3 is 2.53 bits per heavy atom. The monoisotopic (exact) mass is 264 g/mol. The quantitative estimate of drug-likeness (QED) is 0.878. The van der Waals surface area contributed by atoms with Crippen molar-refractivity contribution in [3.8, 4) is 0 Å². The van der Waals surface area contributed by atoms with Crippen molar-refractivity contribution in [2.45, 2.75) is 13.3 Å². The van der Waals surface area contributed by atoms with Crippen molar-refractivity contribution in [2.24, 2.45) is 5.41 Å². The van der Waals surface area contributed by atoms with Gasteiger partial charge in [0.05, 0.1) is 5.41 Å². The third kappa shape index (κ3) is 2.59. The molecule has 1 saturated heterocycles. The zero-order valence-corrected chi connectivity index (χ0v) is 11.1. The molecule has 4 nitrogen and oxygen atoms in total. The minimum Gasteiger partial charge on any atom is -0.359 e. The van der Waals surface area contributed by atoms with Crippen LogP contribution in [0.5, 0.6) is 0 Å². The Bertz CT molecular complexity index is 501. The Labute approximate surface area is 111 Å². The lowest BCUT2D eigenvalue weighted by molar-refractivity contribution is -0.128. The highest BCUT2D eigenvalue weighted by molar-refractivity contribution is 5.95. The number of rotatable bonds is 2. The average Bonchev–Trinajstić information content (AvgIpc) is 2.82. The van der Waals surface area contributed by atoms with E-state index in [0.717, 1.165) is 0 Å². The molecule has 102 valence electrons. The fourth-order valence-electron chi connectivity index (χ4n) is 2.40. The van der Waals surface area contributed by atoms with Gasteiger partial charge in [-0.25, -0.2) is 4.39 Å². The Hall–Kier alpha value is -1.91. The number of benzene rings is 1. The van der Waals surface area contributed by atoms with E-state index in [2.05, 4.69) is 5.32 Å². The number of halogens is 1. The highest BCUT2D eigenvalue weighted by Crippen LogP contribution is 2.30. The van der Waals surface area contributed by atoms with Crippen molar-refractivity contribution in [3.63, 3.8) is 0 Å². The number of nitrogens with zero attached hydrogens (tertiary/aromatic N) is 1. The zero-order chi connectivity index (χ0) is 14.0. The van der Waals surface area contributed by atoms with Crippen molar-refractivity contribution < 1.29 is 14.0 Å². The Morgan fingerprint density at radius 2 is 1.95 bits per heavy atom. The van der Waals surface area contributed by atoms with Crippen LogP contribution in [0, 0.1) is 11.2 Å². The summed E-state index contributed by atoms with van der Waals surface area (Å²) in [4.78, 5) is 25.7. The maximum Gasteiger partial charge on any atom is 0.253 e. The van der Waals surface area contributed by atoms with E-state index in [-0.39, 0.29) is 17.6 Å². The van der Waals surface area contributed by atoms with Crippen LogP contribution in [-0.4, -0.2) is 36.9 Å². The van der Waals surface area contributed by atoms with Gasteiger partial charge in [0.1, 0.15) is 5.82 Å². The van der Waals surface area contributed by atoms with Crippen LogP contribution in [0.3, 0.4) is 0 Å². The van der Waals surface area contributed by atoms with Gasteiger partial charge in [0, 0.05) is 25.7 Å². The van der Waals surface area contributed by atoms with Gasteiger partial charge in [0.25, 0.3) is 5.91 Å². The number of likely N-dealkylation sites (tertiary alicyclic amines) is 1. The molecule has 1 aromatic carbocycles. The molecule has 2 rings (SSSR count). The third-order valence-corrected chi connectivity index (χ3v) is 3.63. The van der Waals surface area contributed by atoms with E-state index in [9.17, 15) is 14.0 Å². The van der Waals surface area contributed by atoms with Crippen LogP contribution in [0.15, 0.2) is 24.3 Å². The van der Waals surface area contributed by atoms with Gasteiger partial charge in [0.15, 0.2) is 0 Å². The van der Waals surface area contributed by atoms with E-state index >= 15 is 0 Å². The lowest BCUT2D eigenvalue weighted by Gasteiger charge is -2.22. The number of carbonyl (C=O) groups is 2. The molecule has 1 heterocycles. The molecule has 5 heteroatoms. The molecule has 1 fully saturated rings. The fourth-order valence-corrected chi connectivity index (χ4v) is 2.40. The second-order valence-electron chi connectivity index (χ2n) is 5.12. The first-order valence-electron chi connectivity index (χ1n) is 6.23. The van der Waals surface area contributed by atoms with E-state index in [0.29, 0.717) is 25.1 Å². The molecule has 2 amide bonds. The maximum atomic E-state index is 12.8. The highest BCUT2D eigenvalue weighted by atomic mass is 19.1. The van der Waals surface area contributed by atoms with Crippen molar-refractivity contribution in [3.05, 3.63) is 35.6 Å². The Kier molecular flexibility index (Phi) is 3.55. The van der Waals surface area contributed by atoms with Gasteiger partial charge < -0.3 is 10.2 Å². The first-order chi connectivity index (χ1) is 8.96. The van der Waals surface area contributed by atoms with Crippen molar-refractivity contribution in [1.82, 2.24) is 10.2 Å². The first-order valence-corrected chi connectivity index (χ1v) is 6.23. The molecule has 0 aromatic heterocycles. The summed E-state index contributed by atoms with van der Waals surface area (Å²) in [5, 5.41) is 2.63. The Balaban J connectivity index is 2.11. The largest absolute Gasteiger partial charge is 0.359 e. The molecule has 1 aliphatic heterocycles. The molecule has 1 atom stereocenters. The summed E-state index contributed by atoms with van der Waals surface area (Å²) < 4.78 is 12.8. The van der Waals surface area contributed by atoms with Crippen LogP contribution in [-0.2, 0) is 4.79 Å². The molecule has 0 bridgehead atoms. The zero-order valence-electron chi connectivity index (χ0n) is 11.1. The minimum absolute atomic E-state index is 0.0538. The van der Waals surface area contributed by atoms with Crippen molar-refractivity contribution >= 4 is 11.8 Å². The Morgan fingerprint density at radius 1 is 1.32 bits per heavy atom. The minimum atomic E-state index is -0.537. The van der Waals surface area contributed by atoms with Crippen LogP contribution in [0.2, 0.25) is 0 Å². The number of nitrogens with one attached hydrogen (secondary N) is 1. The molecule has 1 aromatic rings. The molecule has 1 unspecified atom stereocenters. The molecule has 1 N–H and O–H groups in total. The van der Waals surface area contributed by atoms with Gasteiger partial charge in [-0.15, -0.1) is 0 Å². The number of hydrogen-bond donors (Lipinski definition) is 1. The average molecular weight is 264 g/mol. The van der Waals surface area contributed by atoms with Crippen LogP contribution in [0.1, 0.15) is 23.7 Å². The van der Waals surface area contributed by atoms with Gasteiger partial charge in [0.2, 0.25) is 5.91 Å². The predicted molar refractivity (Wildman–Crippen MR) is 69.1 cm³/mol. The molecule has 0 spiro atoms. The molecular weight excluding hydrogens is 247 g/mol. The van der Waals surface area contributed by atoms with Crippen molar-refractivity contribution in [2.75, 3.05) is 20.1 Å². The molecule has 0 saturated carbocycles. The van der Waals surface area contributed by atoms with Crippen molar-refractivity contribution in [1.29, 1.82) is 0 Å². The van der Waals surface area contributed by atoms with E-state index in [1.165, 1.54) is 24.3 Å². The topological polar surface area (TPSA) is 49.4 Å². The van der Waals surface area contributed by atoms with Crippen LogP contribution in [0.4, 0.5) is 4.39 Å². The van der Waals surface area contributed by atoms with Gasteiger partial charge in [-0.1, -0.05) is 0 Å².